The molecular formula is C24H27N3O3. The lowest BCUT2D eigenvalue weighted by molar-refractivity contribution is -0.131. The van der Waals surface area contributed by atoms with Gasteiger partial charge in [0, 0.05) is 45.1 Å². The fourth-order valence-electron chi connectivity index (χ4n) is 5.09. The van der Waals surface area contributed by atoms with Crippen LogP contribution in [0, 0.1) is 0 Å². The number of hydrogen-bond acceptors (Lipinski definition) is 3. The lowest BCUT2D eigenvalue weighted by atomic mass is 9.73. The zero-order valence-electron chi connectivity index (χ0n) is 17.3. The normalized spacial score (nSPS) is 20.6. The molecule has 2 saturated heterocycles. The molecular weight excluding hydrogens is 378 g/mol. The number of hydrogen-bond donors (Lipinski definition) is 0. The number of likely N-dealkylation sites (tertiary alicyclic amines) is 2. The van der Waals surface area contributed by atoms with E-state index >= 15 is 0 Å². The number of nitrogens with zero attached hydrogens (tertiary/aromatic N) is 3. The minimum Gasteiger partial charge on any atom is -0.337 e. The average Bonchev–Trinajstić information content (AvgIpc) is 3.03. The van der Waals surface area contributed by atoms with E-state index < -0.39 is 0 Å². The summed E-state index contributed by atoms with van der Waals surface area (Å²) >= 11 is 0. The van der Waals surface area contributed by atoms with Gasteiger partial charge in [0.25, 0.3) is 11.5 Å². The van der Waals surface area contributed by atoms with Crippen molar-refractivity contribution in [3.05, 3.63) is 82.8 Å². The Hall–Kier alpha value is -3.15. The summed E-state index contributed by atoms with van der Waals surface area (Å²) in [5, 5.41) is 0. The van der Waals surface area contributed by atoms with Gasteiger partial charge in [-0.15, -0.1) is 6.58 Å². The molecule has 1 aromatic heterocycles. The smallest absolute Gasteiger partial charge is 0.270 e. The molecule has 2 aromatic rings. The van der Waals surface area contributed by atoms with Crippen LogP contribution in [0.1, 0.15) is 41.2 Å². The van der Waals surface area contributed by atoms with Gasteiger partial charge in [-0.1, -0.05) is 42.5 Å². The first-order valence-electron chi connectivity index (χ1n) is 10.4. The number of piperidine rings is 1. The van der Waals surface area contributed by atoms with Crippen LogP contribution in [-0.4, -0.2) is 51.4 Å². The van der Waals surface area contributed by atoms with E-state index in [1.54, 1.807) is 30.2 Å². The van der Waals surface area contributed by atoms with Gasteiger partial charge in [-0.3, -0.25) is 14.4 Å². The molecule has 156 valence electrons. The van der Waals surface area contributed by atoms with Gasteiger partial charge in [0.15, 0.2) is 0 Å². The largest absolute Gasteiger partial charge is 0.337 e. The SMILES string of the molecule is C=CCN1C(=O)C[C@@H](c2ccccc2)C12CCN(C(=O)c1cccc(=O)n1C)CC2. The minimum atomic E-state index is -0.314. The first kappa shape index (κ1) is 20.1. The third-order valence-corrected chi connectivity index (χ3v) is 6.70. The van der Waals surface area contributed by atoms with Crippen LogP contribution in [0.4, 0.5) is 0 Å². The predicted molar refractivity (Wildman–Crippen MR) is 115 cm³/mol. The zero-order chi connectivity index (χ0) is 21.3. The average molecular weight is 405 g/mol. The summed E-state index contributed by atoms with van der Waals surface area (Å²) in [5.74, 6) is 0.111. The Morgan fingerprint density at radius 2 is 1.80 bits per heavy atom. The van der Waals surface area contributed by atoms with Gasteiger partial charge in [-0.05, 0) is 24.5 Å². The summed E-state index contributed by atoms with van der Waals surface area (Å²) in [6, 6.07) is 14.9. The van der Waals surface area contributed by atoms with Crippen molar-refractivity contribution in [1.29, 1.82) is 0 Å². The monoisotopic (exact) mass is 405 g/mol. The lowest BCUT2D eigenvalue weighted by Gasteiger charge is -2.48. The van der Waals surface area contributed by atoms with E-state index in [2.05, 4.69) is 18.7 Å². The summed E-state index contributed by atoms with van der Waals surface area (Å²) in [6.07, 6.45) is 3.68. The Kier molecular flexibility index (Phi) is 5.33. The van der Waals surface area contributed by atoms with Gasteiger partial charge in [0.1, 0.15) is 5.69 Å². The number of pyridine rings is 1. The van der Waals surface area contributed by atoms with Crippen molar-refractivity contribution in [2.24, 2.45) is 7.05 Å². The van der Waals surface area contributed by atoms with Gasteiger partial charge >= 0.3 is 0 Å². The second-order valence-electron chi connectivity index (χ2n) is 8.16. The Balaban J connectivity index is 1.61. The van der Waals surface area contributed by atoms with Crippen LogP contribution in [0.2, 0.25) is 0 Å². The van der Waals surface area contributed by atoms with E-state index in [4.69, 9.17) is 0 Å². The standard InChI is InChI=1S/C24H27N3O3/c1-3-14-27-22(29)17-19(18-8-5-4-6-9-18)24(27)12-15-26(16-13-24)23(30)20-10-7-11-21(28)25(20)2/h3-11,19H,1,12-17H2,2H3/t19-/m0/s1. The van der Waals surface area contributed by atoms with Gasteiger partial charge in [0.2, 0.25) is 5.91 Å². The third-order valence-electron chi connectivity index (χ3n) is 6.70. The number of rotatable bonds is 4. The van der Waals surface area contributed by atoms with E-state index in [1.165, 1.54) is 16.2 Å². The quantitative estimate of drug-likeness (QED) is 0.735. The molecule has 2 aliphatic heterocycles. The molecule has 1 spiro atoms. The molecule has 0 unspecified atom stereocenters. The molecule has 0 N–H and O–H groups in total. The molecule has 1 atom stereocenters. The highest BCUT2D eigenvalue weighted by atomic mass is 16.2. The van der Waals surface area contributed by atoms with Gasteiger partial charge in [-0.2, -0.15) is 0 Å². The molecule has 3 heterocycles. The molecule has 2 amide bonds. The number of amides is 2. The number of aromatic nitrogens is 1. The van der Waals surface area contributed by atoms with Crippen LogP contribution in [0.3, 0.4) is 0 Å². The maximum absolute atomic E-state index is 13.1. The molecule has 2 fully saturated rings. The Morgan fingerprint density at radius 1 is 1.10 bits per heavy atom. The molecule has 2 aliphatic rings. The molecule has 0 saturated carbocycles. The first-order chi connectivity index (χ1) is 14.5. The fourth-order valence-corrected chi connectivity index (χ4v) is 5.09. The zero-order valence-corrected chi connectivity index (χ0v) is 17.3. The second-order valence-corrected chi connectivity index (χ2v) is 8.16. The number of benzene rings is 1. The topological polar surface area (TPSA) is 62.6 Å². The van der Waals surface area contributed by atoms with Crippen LogP contribution >= 0.6 is 0 Å². The van der Waals surface area contributed by atoms with Crippen molar-refractivity contribution < 1.29 is 9.59 Å². The van der Waals surface area contributed by atoms with Gasteiger partial charge in [-0.25, -0.2) is 0 Å². The highest BCUT2D eigenvalue weighted by Crippen LogP contribution is 2.48. The maximum atomic E-state index is 13.1. The summed E-state index contributed by atoms with van der Waals surface area (Å²) in [5.41, 5.74) is 1.05. The molecule has 6 heteroatoms. The lowest BCUT2D eigenvalue weighted by Crippen LogP contribution is -2.56. The second kappa shape index (κ2) is 7.94. The Morgan fingerprint density at radius 3 is 2.47 bits per heavy atom. The Labute approximate surface area is 176 Å². The third kappa shape index (κ3) is 3.26. The highest BCUT2D eigenvalue weighted by molar-refractivity contribution is 5.92. The Bertz CT molecular complexity index is 1020. The summed E-state index contributed by atoms with van der Waals surface area (Å²) in [4.78, 5) is 41.7. The van der Waals surface area contributed by atoms with Crippen LogP contribution in [-0.2, 0) is 11.8 Å². The highest BCUT2D eigenvalue weighted by Gasteiger charge is 2.54. The van der Waals surface area contributed by atoms with Crippen LogP contribution in [0.5, 0.6) is 0 Å². The molecule has 4 rings (SSSR count). The molecule has 1 aromatic carbocycles. The molecule has 30 heavy (non-hydrogen) atoms. The molecule has 0 bridgehead atoms. The van der Waals surface area contributed by atoms with Gasteiger partial charge in [0.05, 0.1) is 5.54 Å². The summed E-state index contributed by atoms with van der Waals surface area (Å²) < 4.78 is 1.39. The maximum Gasteiger partial charge on any atom is 0.270 e. The summed E-state index contributed by atoms with van der Waals surface area (Å²) in [7, 11) is 1.62. The van der Waals surface area contributed by atoms with E-state index in [9.17, 15) is 14.4 Å². The van der Waals surface area contributed by atoms with Gasteiger partial charge < -0.3 is 14.4 Å². The molecule has 0 aliphatic carbocycles. The first-order valence-corrected chi connectivity index (χ1v) is 10.4. The van der Waals surface area contributed by atoms with Crippen molar-refractivity contribution >= 4 is 11.8 Å². The minimum absolute atomic E-state index is 0.101. The van der Waals surface area contributed by atoms with Crippen LogP contribution < -0.4 is 5.56 Å². The van der Waals surface area contributed by atoms with E-state index in [1.807, 2.05) is 23.1 Å². The van der Waals surface area contributed by atoms with Crippen LogP contribution in [0.15, 0.2) is 66.0 Å². The van der Waals surface area contributed by atoms with E-state index in [0.29, 0.717) is 44.6 Å². The molecule has 6 nitrogen and oxygen atoms in total. The van der Waals surface area contributed by atoms with E-state index in [-0.39, 0.29) is 28.8 Å². The predicted octanol–water partition coefficient (Wildman–Crippen LogP) is 2.56. The fraction of sp³-hybridized carbons (Fsp3) is 0.375. The van der Waals surface area contributed by atoms with Crippen molar-refractivity contribution in [2.75, 3.05) is 19.6 Å². The summed E-state index contributed by atoms with van der Waals surface area (Å²) in [6.45, 7) is 5.46. The van der Waals surface area contributed by atoms with E-state index in [0.717, 1.165) is 0 Å². The number of carbonyl (C=O) groups excluding carboxylic acids is 2. The van der Waals surface area contributed by atoms with Crippen molar-refractivity contribution in [1.82, 2.24) is 14.4 Å². The van der Waals surface area contributed by atoms with Crippen molar-refractivity contribution in [3.8, 4) is 0 Å². The van der Waals surface area contributed by atoms with Crippen molar-refractivity contribution in [2.45, 2.75) is 30.7 Å². The molecule has 0 radical (unpaired) electrons. The number of carbonyl (C=O) groups is 2. The van der Waals surface area contributed by atoms with Crippen LogP contribution in [0.25, 0.3) is 0 Å². The van der Waals surface area contributed by atoms with Crippen molar-refractivity contribution in [3.63, 3.8) is 0 Å².